The van der Waals surface area contributed by atoms with Crippen LogP contribution in [0.1, 0.15) is 36.8 Å². The molecule has 0 aliphatic carbocycles. The van der Waals surface area contributed by atoms with E-state index in [1.54, 1.807) is 17.4 Å². The van der Waals surface area contributed by atoms with E-state index < -0.39 is 0 Å². The van der Waals surface area contributed by atoms with Gasteiger partial charge in [0.05, 0.1) is 16.4 Å². The van der Waals surface area contributed by atoms with Gasteiger partial charge < -0.3 is 0 Å². The standard InChI is InChI=1S/C22H20Cl2N4S/c1-4-13(2)21-25-26-22(29-21)19-14(3)20(15-8-6-5-7-9-15)28(27-19)18-11-10-16(23)12-17(18)24/h5-13H,4H2,1-3H3. The molecule has 0 radical (unpaired) electrons. The molecular weight excluding hydrogens is 423 g/mol. The predicted molar refractivity (Wildman–Crippen MR) is 121 cm³/mol. The van der Waals surface area contributed by atoms with Crippen molar-refractivity contribution in [1.82, 2.24) is 20.0 Å². The minimum absolute atomic E-state index is 0.378. The van der Waals surface area contributed by atoms with Gasteiger partial charge in [-0.1, -0.05) is 78.7 Å². The molecule has 4 nitrogen and oxygen atoms in total. The Bertz CT molecular complexity index is 1150. The topological polar surface area (TPSA) is 43.6 Å². The lowest BCUT2D eigenvalue weighted by Gasteiger charge is -2.10. The molecule has 0 bridgehead atoms. The molecule has 0 saturated heterocycles. The van der Waals surface area contributed by atoms with Crippen LogP contribution in [0.2, 0.25) is 10.0 Å². The number of benzene rings is 2. The third kappa shape index (κ3) is 3.82. The van der Waals surface area contributed by atoms with Crippen LogP contribution in [0.25, 0.3) is 27.6 Å². The third-order valence-electron chi connectivity index (χ3n) is 4.98. The van der Waals surface area contributed by atoms with E-state index in [1.165, 1.54) is 0 Å². The zero-order valence-corrected chi connectivity index (χ0v) is 18.7. The molecule has 148 valence electrons. The van der Waals surface area contributed by atoms with Gasteiger partial charge in [0, 0.05) is 22.1 Å². The molecular formula is C22H20Cl2N4S. The van der Waals surface area contributed by atoms with E-state index in [4.69, 9.17) is 28.3 Å². The number of rotatable bonds is 5. The molecule has 2 aromatic heterocycles. The Labute approximate surface area is 184 Å². The van der Waals surface area contributed by atoms with E-state index in [-0.39, 0.29) is 0 Å². The first-order valence-electron chi connectivity index (χ1n) is 9.43. The van der Waals surface area contributed by atoms with Crippen molar-refractivity contribution in [3.63, 3.8) is 0 Å². The zero-order chi connectivity index (χ0) is 20.5. The maximum absolute atomic E-state index is 6.52. The monoisotopic (exact) mass is 442 g/mol. The molecule has 1 unspecified atom stereocenters. The lowest BCUT2D eigenvalue weighted by molar-refractivity contribution is 0.715. The van der Waals surface area contributed by atoms with Gasteiger partial charge in [-0.3, -0.25) is 0 Å². The van der Waals surface area contributed by atoms with Gasteiger partial charge in [0.25, 0.3) is 0 Å². The molecule has 0 aliphatic heterocycles. The van der Waals surface area contributed by atoms with Gasteiger partial charge in [0.15, 0.2) is 5.01 Å². The van der Waals surface area contributed by atoms with E-state index in [0.29, 0.717) is 16.0 Å². The highest BCUT2D eigenvalue weighted by atomic mass is 35.5. The van der Waals surface area contributed by atoms with Gasteiger partial charge in [0.1, 0.15) is 10.7 Å². The first-order chi connectivity index (χ1) is 14.0. The number of aromatic nitrogens is 4. The van der Waals surface area contributed by atoms with Gasteiger partial charge in [0.2, 0.25) is 0 Å². The molecule has 0 N–H and O–H groups in total. The Morgan fingerprint density at radius 3 is 2.52 bits per heavy atom. The van der Waals surface area contributed by atoms with Crippen LogP contribution in [-0.2, 0) is 0 Å². The number of hydrogen-bond donors (Lipinski definition) is 0. The summed E-state index contributed by atoms with van der Waals surface area (Å²) in [5, 5.41) is 16.7. The van der Waals surface area contributed by atoms with Crippen molar-refractivity contribution in [2.75, 3.05) is 0 Å². The second-order valence-corrected chi connectivity index (χ2v) is 8.80. The van der Waals surface area contributed by atoms with Crippen molar-refractivity contribution in [1.29, 1.82) is 0 Å². The molecule has 4 rings (SSSR count). The van der Waals surface area contributed by atoms with Crippen molar-refractivity contribution in [2.45, 2.75) is 33.1 Å². The first kappa shape index (κ1) is 20.1. The normalized spacial score (nSPS) is 12.3. The fourth-order valence-corrected chi connectivity index (χ4v) is 4.67. The second kappa shape index (κ2) is 8.27. The molecule has 0 spiro atoms. The highest BCUT2D eigenvalue weighted by Gasteiger charge is 2.23. The van der Waals surface area contributed by atoms with E-state index in [2.05, 4.69) is 43.1 Å². The third-order valence-corrected chi connectivity index (χ3v) is 6.68. The van der Waals surface area contributed by atoms with Crippen LogP contribution < -0.4 is 0 Å². The molecule has 2 heterocycles. The van der Waals surface area contributed by atoms with Gasteiger partial charge in [-0.05, 0) is 31.5 Å². The Kier molecular flexibility index (Phi) is 5.72. The Morgan fingerprint density at radius 1 is 1.07 bits per heavy atom. The average molecular weight is 443 g/mol. The van der Waals surface area contributed by atoms with Gasteiger partial charge in [-0.25, -0.2) is 4.68 Å². The fourth-order valence-electron chi connectivity index (χ4n) is 3.17. The summed E-state index contributed by atoms with van der Waals surface area (Å²) in [5.74, 6) is 0.378. The highest BCUT2D eigenvalue weighted by Crippen LogP contribution is 2.37. The molecule has 0 aliphatic rings. The lowest BCUT2D eigenvalue weighted by Crippen LogP contribution is -2.00. The van der Waals surface area contributed by atoms with Crippen molar-refractivity contribution >= 4 is 34.5 Å². The van der Waals surface area contributed by atoms with Crippen LogP contribution in [0.3, 0.4) is 0 Å². The fraction of sp³-hybridized carbons (Fsp3) is 0.227. The summed E-state index contributed by atoms with van der Waals surface area (Å²) in [5.41, 5.74) is 4.67. The number of halogens is 2. The molecule has 4 aromatic rings. The van der Waals surface area contributed by atoms with Crippen LogP contribution in [0.15, 0.2) is 48.5 Å². The summed E-state index contributed by atoms with van der Waals surface area (Å²) in [7, 11) is 0. The first-order valence-corrected chi connectivity index (χ1v) is 11.0. The Balaban J connectivity index is 1.93. The van der Waals surface area contributed by atoms with Gasteiger partial charge >= 0.3 is 0 Å². The zero-order valence-electron chi connectivity index (χ0n) is 16.4. The quantitative estimate of drug-likeness (QED) is 0.328. The van der Waals surface area contributed by atoms with Crippen molar-refractivity contribution in [3.05, 3.63) is 69.1 Å². The summed E-state index contributed by atoms with van der Waals surface area (Å²) < 4.78 is 1.88. The van der Waals surface area contributed by atoms with Crippen LogP contribution >= 0.6 is 34.5 Å². The summed E-state index contributed by atoms with van der Waals surface area (Å²) in [6, 6.07) is 15.6. The van der Waals surface area contributed by atoms with Crippen LogP contribution in [0, 0.1) is 6.92 Å². The van der Waals surface area contributed by atoms with Crippen molar-refractivity contribution in [3.8, 4) is 27.6 Å². The van der Waals surface area contributed by atoms with E-state index in [1.807, 2.05) is 35.0 Å². The van der Waals surface area contributed by atoms with Crippen LogP contribution in [0.5, 0.6) is 0 Å². The summed E-state index contributed by atoms with van der Waals surface area (Å²) in [4.78, 5) is 0. The minimum Gasteiger partial charge on any atom is -0.231 e. The molecule has 29 heavy (non-hydrogen) atoms. The summed E-state index contributed by atoms with van der Waals surface area (Å²) >= 11 is 14.2. The molecule has 2 aromatic carbocycles. The van der Waals surface area contributed by atoms with Crippen molar-refractivity contribution < 1.29 is 0 Å². The SMILES string of the molecule is CCC(C)c1nnc(-c2nn(-c3ccc(Cl)cc3Cl)c(-c3ccccc3)c2C)s1. The second-order valence-electron chi connectivity index (χ2n) is 6.95. The van der Waals surface area contributed by atoms with Crippen LogP contribution in [-0.4, -0.2) is 20.0 Å². The Morgan fingerprint density at radius 2 is 1.83 bits per heavy atom. The average Bonchev–Trinajstić information content (AvgIpc) is 3.33. The molecule has 0 fully saturated rings. The lowest BCUT2D eigenvalue weighted by atomic mass is 10.1. The molecule has 7 heteroatoms. The largest absolute Gasteiger partial charge is 0.231 e. The van der Waals surface area contributed by atoms with E-state index >= 15 is 0 Å². The van der Waals surface area contributed by atoms with Crippen molar-refractivity contribution in [2.24, 2.45) is 0 Å². The number of hydrogen-bond acceptors (Lipinski definition) is 4. The minimum atomic E-state index is 0.378. The highest BCUT2D eigenvalue weighted by molar-refractivity contribution is 7.14. The smallest absolute Gasteiger partial charge is 0.168 e. The maximum atomic E-state index is 6.52. The van der Waals surface area contributed by atoms with Gasteiger partial charge in [-0.15, -0.1) is 10.2 Å². The van der Waals surface area contributed by atoms with Gasteiger partial charge in [-0.2, -0.15) is 5.10 Å². The van der Waals surface area contributed by atoms with E-state index in [9.17, 15) is 0 Å². The summed E-state index contributed by atoms with van der Waals surface area (Å²) in [6.45, 7) is 6.38. The molecule has 0 saturated carbocycles. The molecule has 0 amide bonds. The number of nitrogens with zero attached hydrogens (tertiary/aromatic N) is 4. The summed E-state index contributed by atoms with van der Waals surface area (Å²) in [6.07, 6.45) is 1.03. The van der Waals surface area contributed by atoms with Crippen LogP contribution in [0.4, 0.5) is 0 Å². The Hall–Kier alpha value is -2.21. The predicted octanol–water partition coefficient (Wildman–Crippen LogP) is 7.19. The maximum Gasteiger partial charge on any atom is 0.168 e. The van der Waals surface area contributed by atoms with E-state index in [0.717, 1.165) is 44.6 Å². The molecule has 1 atom stereocenters.